The number of benzene rings is 2. The van der Waals surface area contributed by atoms with Gasteiger partial charge in [0.1, 0.15) is 27.8 Å². The Morgan fingerprint density at radius 3 is 2.64 bits per heavy atom. The highest BCUT2D eigenvalue weighted by Crippen LogP contribution is 2.48. The normalized spacial score (nSPS) is 19.0. The van der Waals surface area contributed by atoms with Gasteiger partial charge in [-0.25, -0.2) is 4.98 Å². The lowest BCUT2D eigenvalue weighted by Gasteiger charge is -2.42. The second-order valence-corrected chi connectivity index (χ2v) is 11.0. The predicted octanol–water partition coefficient (Wildman–Crippen LogP) is 5.15. The minimum atomic E-state index is -4.77. The van der Waals surface area contributed by atoms with E-state index in [0.717, 1.165) is 13.0 Å². The highest BCUT2D eigenvalue weighted by molar-refractivity contribution is 7.13. The van der Waals surface area contributed by atoms with Gasteiger partial charge in [-0.15, -0.1) is 11.3 Å². The Morgan fingerprint density at radius 2 is 1.90 bits per heavy atom. The van der Waals surface area contributed by atoms with Crippen molar-refractivity contribution < 1.29 is 22.7 Å². The van der Waals surface area contributed by atoms with E-state index >= 15 is 0 Å². The van der Waals surface area contributed by atoms with Gasteiger partial charge >= 0.3 is 6.18 Å². The van der Waals surface area contributed by atoms with Crippen LogP contribution in [0.4, 0.5) is 24.5 Å². The van der Waals surface area contributed by atoms with E-state index in [1.807, 2.05) is 7.05 Å². The summed E-state index contributed by atoms with van der Waals surface area (Å²) in [7, 11) is 1.87. The maximum Gasteiger partial charge on any atom is 0.422 e. The molecule has 2 fully saturated rings. The standard InChI is InChI=1S/C29H28F3N7O2S/c1-33-20-10-12-38-13-14-39(16-23(20)38)26-21(36-27(40)22-17-42-28(37-22)18-9-11-34-35-15-18)7-8-24(25(26)29(30,31)32)41-19-5-3-2-4-6-19/h2-9,11,15,17,20,23,33H,10,12-14,16H2,1H3,(H,36,40)/t20-,23+/m1/s1. The number of rotatable bonds is 7. The first-order valence-corrected chi connectivity index (χ1v) is 14.4. The van der Waals surface area contributed by atoms with Crippen molar-refractivity contribution in [2.45, 2.75) is 24.7 Å². The third-order valence-corrected chi connectivity index (χ3v) is 8.51. The SMILES string of the molecule is CN[C@@H]1CCN2CCN(c3c(NC(=O)c4csc(-c5ccnnc5)n4)ccc(Oc4ccccc4)c3C(F)(F)F)C[C@@H]12. The van der Waals surface area contributed by atoms with Crippen LogP contribution in [0.2, 0.25) is 0 Å². The summed E-state index contributed by atoms with van der Waals surface area (Å²) in [5, 5.41) is 15.7. The second-order valence-electron chi connectivity index (χ2n) is 10.1. The molecule has 1 amide bonds. The molecule has 42 heavy (non-hydrogen) atoms. The average Bonchev–Trinajstić information content (AvgIpc) is 3.65. The molecule has 2 saturated heterocycles. The first kappa shape index (κ1) is 28.1. The van der Waals surface area contributed by atoms with Crippen molar-refractivity contribution in [2.75, 3.05) is 43.4 Å². The second kappa shape index (κ2) is 11.7. The van der Waals surface area contributed by atoms with Gasteiger partial charge in [0.2, 0.25) is 0 Å². The molecule has 2 N–H and O–H groups in total. The molecule has 218 valence electrons. The maximum absolute atomic E-state index is 14.9. The first-order chi connectivity index (χ1) is 20.3. The van der Waals surface area contributed by atoms with Gasteiger partial charge in [0.15, 0.2) is 0 Å². The lowest BCUT2D eigenvalue weighted by Crippen LogP contribution is -2.55. The summed E-state index contributed by atoms with van der Waals surface area (Å²) in [5.41, 5.74) is -0.227. The fraction of sp³-hybridized carbons (Fsp3) is 0.310. The van der Waals surface area contributed by atoms with Crippen LogP contribution in [0.25, 0.3) is 10.6 Å². The molecule has 2 atom stereocenters. The van der Waals surface area contributed by atoms with Gasteiger partial charge in [-0.1, -0.05) is 18.2 Å². The van der Waals surface area contributed by atoms with Gasteiger partial charge < -0.3 is 20.3 Å². The minimum Gasteiger partial charge on any atom is -0.457 e. The Hall–Kier alpha value is -4.07. The topological polar surface area (TPSA) is 95.5 Å². The Labute approximate surface area is 244 Å². The molecule has 2 aromatic carbocycles. The molecule has 2 aliphatic rings. The number of para-hydroxylation sites is 1. The molecule has 13 heteroatoms. The lowest BCUT2D eigenvalue weighted by molar-refractivity contribution is -0.138. The van der Waals surface area contributed by atoms with Crippen molar-refractivity contribution in [1.29, 1.82) is 0 Å². The van der Waals surface area contributed by atoms with Crippen LogP contribution in [0.15, 0.2) is 66.3 Å². The molecule has 0 saturated carbocycles. The number of carbonyl (C=O) groups is 1. The van der Waals surface area contributed by atoms with Crippen LogP contribution in [-0.2, 0) is 6.18 Å². The Kier molecular flexibility index (Phi) is 7.80. The predicted molar refractivity (Wildman–Crippen MR) is 154 cm³/mol. The molecule has 4 aromatic rings. The van der Waals surface area contributed by atoms with Crippen molar-refractivity contribution in [3.05, 3.63) is 77.6 Å². The van der Waals surface area contributed by atoms with Gasteiger partial charge in [-0.05, 0) is 43.8 Å². The number of fused-ring (bicyclic) bond motifs is 1. The van der Waals surface area contributed by atoms with Crippen LogP contribution >= 0.6 is 11.3 Å². The third-order valence-electron chi connectivity index (χ3n) is 7.62. The lowest BCUT2D eigenvalue weighted by atomic mass is 10.0. The van der Waals surface area contributed by atoms with E-state index in [9.17, 15) is 18.0 Å². The van der Waals surface area contributed by atoms with Crippen molar-refractivity contribution in [1.82, 2.24) is 25.4 Å². The Morgan fingerprint density at radius 1 is 1.07 bits per heavy atom. The van der Waals surface area contributed by atoms with Crippen LogP contribution in [0, 0.1) is 0 Å². The number of nitrogens with zero attached hydrogens (tertiary/aromatic N) is 5. The number of anilines is 2. The molecule has 0 aliphatic carbocycles. The zero-order valence-electron chi connectivity index (χ0n) is 22.6. The molecule has 0 spiro atoms. The van der Waals surface area contributed by atoms with Crippen LogP contribution in [0.3, 0.4) is 0 Å². The quantitative estimate of drug-likeness (QED) is 0.303. The minimum absolute atomic E-state index is 0.0298. The zero-order valence-corrected chi connectivity index (χ0v) is 23.5. The van der Waals surface area contributed by atoms with Crippen LogP contribution < -0.4 is 20.3 Å². The number of halogens is 3. The summed E-state index contributed by atoms with van der Waals surface area (Å²) in [6.07, 6.45) is -0.803. The van der Waals surface area contributed by atoms with E-state index < -0.39 is 17.6 Å². The molecule has 2 aliphatic heterocycles. The number of hydrogen-bond acceptors (Lipinski definition) is 9. The number of amides is 1. The number of alkyl halides is 3. The van der Waals surface area contributed by atoms with E-state index in [-0.39, 0.29) is 40.7 Å². The summed E-state index contributed by atoms with van der Waals surface area (Å²) in [6, 6.07) is 13.0. The summed E-state index contributed by atoms with van der Waals surface area (Å²) >= 11 is 1.24. The molecule has 0 radical (unpaired) electrons. The summed E-state index contributed by atoms with van der Waals surface area (Å²) in [4.78, 5) is 21.8. The number of ether oxygens (including phenoxy) is 1. The summed E-state index contributed by atoms with van der Waals surface area (Å²) in [5.74, 6) is -0.665. The van der Waals surface area contributed by atoms with Crippen LogP contribution in [0.1, 0.15) is 22.5 Å². The fourth-order valence-electron chi connectivity index (χ4n) is 5.63. The van der Waals surface area contributed by atoms with Crippen LogP contribution in [0.5, 0.6) is 11.5 Å². The number of piperazine rings is 1. The zero-order chi connectivity index (χ0) is 29.3. The van der Waals surface area contributed by atoms with Crippen LogP contribution in [-0.4, -0.2) is 71.3 Å². The van der Waals surface area contributed by atoms with E-state index in [4.69, 9.17) is 4.74 Å². The van der Waals surface area contributed by atoms with Gasteiger partial charge in [0, 0.05) is 49.2 Å². The highest BCUT2D eigenvalue weighted by Gasteiger charge is 2.44. The smallest absolute Gasteiger partial charge is 0.422 e. The first-order valence-electron chi connectivity index (χ1n) is 13.5. The number of likely N-dealkylation sites (N-methyl/N-ethyl adjacent to an activating group) is 1. The van der Waals surface area contributed by atoms with E-state index in [1.165, 1.54) is 35.9 Å². The van der Waals surface area contributed by atoms with Gasteiger partial charge in [-0.3, -0.25) is 9.69 Å². The molecular weight excluding hydrogens is 567 g/mol. The Bertz CT molecular complexity index is 1550. The summed E-state index contributed by atoms with van der Waals surface area (Å²) in [6.45, 7) is 2.22. The van der Waals surface area contributed by atoms with E-state index in [1.54, 1.807) is 46.7 Å². The largest absolute Gasteiger partial charge is 0.457 e. The Balaban J connectivity index is 1.39. The molecule has 4 heterocycles. The van der Waals surface area contributed by atoms with Crippen molar-refractivity contribution in [2.24, 2.45) is 0 Å². The van der Waals surface area contributed by atoms with Crippen molar-refractivity contribution in [3.8, 4) is 22.1 Å². The molecule has 2 aromatic heterocycles. The molecular formula is C29H28F3N7O2S. The maximum atomic E-state index is 14.9. The summed E-state index contributed by atoms with van der Waals surface area (Å²) < 4.78 is 50.6. The molecule has 0 unspecified atom stereocenters. The highest BCUT2D eigenvalue weighted by atomic mass is 32.1. The van der Waals surface area contributed by atoms with Gasteiger partial charge in [-0.2, -0.15) is 23.4 Å². The van der Waals surface area contributed by atoms with Crippen molar-refractivity contribution in [3.63, 3.8) is 0 Å². The van der Waals surface area contributed by atoms with E-state index in [0.29, 0.717) is 30.2 Å². The van der Waals surface area contributed by atoms with Gasteiger partial charge in [0.05, 0.1) is 23.8 Å². The number of thiazole rings is 1. The van der Waals surface area contributed by atoms with Gasteiger partial charge in [0.25, 0.3) is 5.91 Å². The molecule has 6 rings (SSSR count). The number of hydrogen-bond donors (Lipinski definition) is 2. The average molecular weight is 596 g/mol. The number of nitrogens with one attached hydrogen (secondary N) is 2. The van der Waals surface area contributed by atoms with Crippen molar-refractivity contribution >= 4 is 28.6 Å². The third kappa shape index (κ3) is 5.67. The molecule has 0 bridgehead atoms. The molecule has 9 nitrogen and oxygen atoms in total. The number of carbonyl (C=O) groups excluding carboxylic acids is 1. The monoisotopic (exact) mass is 595 g/mol. The number of aromatic nitrogens is 3. The fourth-order valence-corrected chi connectivity index (χ4v) is 6.43. The van der Waals surface area contributed by atoms with E-state index in [2.05, 4.69) is 30.7 Å².